The van der Waals surface area contributed by atoms with Crippen LogP contribution in [0.25, 0.3) is 0 Å². The summed E-state index contributed by atoms with van der Waals surface area (Å²) >= 11 is 0. The van der Waals surface area contributed by atoms with Gasteiger partial charge in [0.25, 0.3) is 0 Å². The van der Waals surface area contributed by atoms with E-state index in [0.29, 0.717) is 31.4 Å². The molecule has 20 heavy (non-hydrogen) atoms. The first-order valence-electron chi connectivity index (χ1n) is 6.41. The number of nitrogens with zero attached hydrogens (tertiary/aromatic N) is 2. The third kappa shape index (κ3) is 3.23. The van der Waals surface area contributed by atoms with Gasteiger partial charge in [0.1, 0.15) is 11.5 Å². The number of ether oxygens (including phenoxy) is 2. The molecule has 1 aromatic heterocycles. The van der Waals surface area contributed by atoms with Gasteiger partial charge in [0.2, 0.25) is 11.8 Å². The molecule has 1 fully saturated rings. The molecule has 0 saturated heterocycles. The SMILES string of the molecule is COc1ncc(NC(=O)C2CCC(=O)CC2)c(OC)n1. The molecule has 1 aliphatic rings. The number of Topliss-reactive ketones (excluding diaryl/α,β-unsaturated/α-hetero) is 1. The molecule has 0 aliphatic heterocycles. The molecule has 7 heteroatoms. The van der Waals surface area contributed by atoms with Crippen molar-refractivity contribution >= 4 is 17.4 Å². The molecule has 1 N–H and O–H groups in total. The minimum atomic E-state index is -0.153. The fourth-order valence-corrected chi connectivity index (χ4v) is 2.13. The van der Waals surface area contributed by atoms with Crippen LogP contribution in [0.5, 0.6) is 11.9 Å². The van der Waals surface area contributed by atoms with Gasteiger partial charge in [0, 0.05) is 18.8 Å². The van der Waals surface area contributed by atoms with E-state index in [2.05, 4.69) is 15.3 Å². The van der Waals surface area contributed by atoms with Crippen molar-refractivity contribution in [3.05, 3.63) is 6.20 Å². The van der Waals surface area contributed by atoms with Crippen LogP contribution in [-0.4, -0.2) is 35.9 Å². The van der Waals surface area contributed by atoms with Crippen LogP contribution < -0.4 is 14.8 Å². The number of rotatable bonds is 4. The number of anilines is 1. The van der Waals surface area contributed by atoms with Crippen molar-refractivity contribution in [1.82, 2.24) is 9.97 Å². The number of ketones is 1. The van der Waals surface area contributed by atoms with Crippen LogP contribution in [0.15, 0.2) is 6.20 Å². The maximum absolute atomic E-state index is 12.1. The molecular weight excluding hydrogens is 262 g/mol. The van der Waals surface area contributed by atoms with Gasteiger partial charge in [-0.1, -0.05) is 0 Å². The molecule has 1 aromatic rings. The second kappa shape index (κ2) is 6.31. The summed E-state index contributed by atoms with van der Waals surface area (Å²) in [6.45, 7) is 0. The molecule has 0 radical (unpaired) electrons. The van der Waals surface area contributed by atoms with Crippen LogP contribution >= 0.6 is 0 Å². The predicted octanol–water partition coefficient (Wildman–Crippen LogP) is 1.19. The third-order valence-corrected chi connectivity index (χ3v) is 3.28. The summed E-state index contributed by atoms with van der Waals surface area (Å²) in [5, 5.41) is 2.74. The molecule has 1 amide bonds. The average Bonchev–Trinajstić information content (AvgIpc) is 2.48. The predicted molar refractivity (Wildman–Crippen MR) is 70.7 cm³/mol. The molecule has 1 heterocycles. The van der Waals surface area contributed by atoms with E-state index in [9.17, 15) is 9.59 Å². The molecule has 1 saturated carbocycles. The van der Waals surface area contributed by atoms with E-state index in [-0.39, 0.29) is 29.5 Å². The molecule has 1 aliphatic carbocycles. The lowest BCUT2D eigenvalue weighted by Gasteiger charge is -2.20. The number of hydrogen-bond donors (Lipinski definition) is 1. The number of amides is 1. The van der Waals surface area contributed by atoms with E-state index >= 15 is 0 Å². The Labute approximate surface area is 116 Å². The minimum absolute atomic E-state index is 0.135. The molecule has 0 aromatic carbocycles. The number of nitrogens with one attached hydrogen (secondary N) is 1. The molecule has 108 valence electrons. The van der Waals surface area contributed by atoms with Crippen LogP contribution in [0.3, 0.4) is 0 Å². The summed E-state index contributed by atoms with van der Waals surface area (Å²) in [6.07, 6.45) is 3.55. The maximum Gasteiger partial charge on any atom is 0.319 e. The molecule has 7 nitrogen and oxygen atoms in total. The number of carbonyl (C=O) groups is 2. The quantitative estimate of drug-likeness (QED) is 0.890. The Morgan fingerprint density at radius 3 is 2.60 bits per heavy atom. The van der Waals surface area contributed by atoms with Crippen molar-refractivity contribution in [1.29, 1.82) is 0 Å². The Hall–Kier alpha value is -2.18. The first-order valence-corrected chi connectivity index (χ1v) is 6.41. The number of hydrogen-bond acceptors (Lipinski definition) is 6. The van der Waals surface area contributed by atoms with E-state index in [0.717, 1.165) is 0 Å². The van der Waals surface area contributed by atoms with Gasteiger partial charge >= 0.3 is 6.01 Å². The Bertz CT molecular complexity index is 508. The van der Waals surface area contributed by atoms with Gasteiger partial charge in [-0.2, -0.15) is 4.98 Å². The summed E-state index contributed by atoms with van der Waals surface area (Å²) in [5.41, 5.74) is 0.398. The zero-order chi connectivity index (χ0) is 14.5. The topological polar surface area (TPSA) is 90.4 Å². The highest BCUT2D eigenvalue weighted by Gasteiger charge is 2.25. The molecular formula is C13H17N3O4. The zero-order valence-corrected chi connectivity index (χ0v) is 11.5. The van der Waals surface area contributed by atoms with Crippen LogP contribution in [0, 0.1) is 5.92 Å². The summed E-state index contributed by atoms with van der Waals surface area (Å²) in [6, 6.07) is 0.170. The van der Waals surface area contributed by atoms with Crippen LogP contribution in [0.2, 0.25) is 0 Å². The Morgan fingerprint density at radius 1 is 1.30 bits per heavy atom. The largest absolute Gasteiger partial charge is 0.479 e. The normalized spacial score (nSPS) is 15.8. The van der Waals surface area contributed by atoms with E-state index in [1.807, 2.05) is 0 Å². The second-order valence-corrected chi connectivity index (χ2v) is 4.58. The lowest BCUT2D eigenvalue weighted by atomic mass is 9.88. The summed E-state index contributed by atoms with van der Waals surface area (Å²) in [4.78, 5) is 31.2. The second-order valence-electron chi connectivity index (χ2n) is 4.58. The van der Waals surface area contributed by atoms with Gasteiger partial charge < -0.3 is 14.8 Å². The summed E-state index contributed by atoms with van der Waals surface area (Å²) < 4.78 is 9.99. The van der Waals surface area contributed by atoms with Crippen molar-refractivity contribution in [2.24, 2.45) is 5.92 Å². The summed E-state index contributed by atoms with van der Waals surface area (Å²) in [5.74, 6) is 0.181. The van der Waals surface area contributed by atoms with E-state index in [1.165, 1.54) is 20.4 Å². The van der Waals surface area contributed by atoms with Crippen molar-refractivity contribution in [2.45, 2.75) is 25.7 Å². The van der Waals surface area contributed by atoms with Crippen LogP contribution in [-0.2, 0) is 9.59 Å². The van der Waals surface area contributed by atoms with Gasteiger partial charge in [-0.15, -0.1) is 0 Å². The summed E-state index contributed by atoms with van der Waals surface area (Å²) in [7, 11) is 2.91. The van der Waals surface area contributed by atoms with Crippen molar-refractivity contribution in [3.63, 3.8) is 0 Å². The third-order valence-electron chi connectivity index (χ3n) is 3.28. The Balaban J connectivity index is 2.05. The van der Waals surface area contributed by atoms with Gasteiger partial charge in [-0.3, -0.25) is 9.59 Å². The molecule has 0 unspecified atom stereocenters. The Morgan fingerprint density at radius 2 is 2.00 bits per heavy atom. The highest BCUT2D eigenvalue weighted by atomic mass is 16.5. The van der Waals surface area contributed by atoms with Gasteiger partial charge in [0.15, 0.2) is 0 Å². The van der Waals surface area contributed by atoms with Crippen LogP contribution in [0.4, 0.5) is 5.69 Å². The molecule has 0 atom stereocenters. The standard InChI is InChI=1S/C13H17N3O4/c1-19-12-10(7-14-13(16-12)20-2)15-11(18)8-3-5-9(17)6-4-8/h7-8H,3-6H2,1-2H3,(H,15,18). The Kier molecular flexibility index (Phi) is 4.49. The zero-order valence-electron chi connectivity index (χ0n) is 11.5. The lowest BCUT2D eigenvalue weighted by Crippen LogP contribution is -2.27. The molecule has 0 spiro atoms. The van der Waals surface area contributed by atoms with E-state index in [4.69, 9.17) is 9.47 Å². The lowest BCUT2D eigenvalue weighted by molar-refractivity contribution is -0.125. The number of aromatic nitrogens is 2. The van der Waals surface area contributed by atoms with E-state index < -0.39 is 0 Å². The van der Waals surface area contributed by atoms with Crippen molar-refractivity contribution < 1.29 is 19.1 Å². The fraction of sp³-hybridized carbons (Fsp3) is 0.538. The highest BCUT2D eigenvalue weighted by Crippen LogP contribution is 2.26. The van der Waals surface area contributed by atoms with E-state index in [1.54, 1.807) is 0 Å². The fourth-order valence-electron chi connectivity index (χ4n) is 2.13. The molecule has 2 rings (SSSR count). The van der Waals surface area contributed by atoms with Gasteiger partial charge in [-0.25, -0.2) is 4.98 Å². The smallest absolute Gasteiger partial charge is 0.319 e. The maximum atomic E-state index is 12.1. The molecule has 0 bridgehead atoms. The average molecular weight is 279 g/mol. The van der Waals surface area contributed by atoms with Crippen molar-refractivity contribution in [3.8, 4) is 11.9 Å². The van der Waals surface area contributed by atoms with Gasteiger partial charge in [0.05, 0.1) is 20.4 Å². The highest BCUT2D eigenvalue weighted by molar-refractivity contribution is 5.94. The first-order chi connectivity index (χ1) is 9.63. The van der Waals surface area contributed by atoms with Gasteiger partial charge in [-0.05, 0) is 12.8 Å². The minimum Gasteiger partial charge on any atom is -0.479 e. The van der Waals surface area contributed by atoms with Crippen molar-refractivity contribution in [2.75, 3.05) is 19.5 Å². The first kappa shape index (κ1) is 14.2. The van der Waals surface area contributed by atoms with Crippen LogP contribution in [0.1, 0.15) is 25.7 Å². The number of methoxy groups -OCH3 is 2. The number of carbonyl (C=O) groups excluding carboxylic acids is 2. The monoisotopic (exact) mass is 279 g/mol.